The molecule has 0 radical (unpaired) electrons. The average Bonchev–Trinajstić information content (AvgIpc) is 2.29. The van der Waals surface area contributed by atoms with Gasteiger partial charge in [-0.3, -0.25) is 4.79 Å². The molecule has 0 bridgehead atoms. The van der Waals surface area contributed by atoms with E-state index in [1.165, 1.54) is 0 Å². The van der Waals surface area contributed by atoms with Crippen LogP contribution in [0.15, 0.2) is 17.2 Å². The Morgan fingerprint density at radius 1 is 1.44 bits per heavy atom. The third kappa shape index (κ3) is 4.12. The van der Waals surface area contributed by atoms with Crippen molar-refractivity contribution in [1.82, 2.24) is 9.55 Å². The van der Waals surface area contributed by atoms with Crippen molar-refractivity contribution in [3.8, 4) is 0 Å². The molecule has 0 unspecified atom stereocenters. The Bertz CT molecular complexity index is 423. The van der Waals surface area contributed by atoms with Gasteiger partial charge in [0.1, 0.15) is 0 Å². The van der Waals surface area contributed by atoms with Gasteiger partial charge in [-0.15, -0.1) is 0 Å². The van der Waals surface area contributed by atoms with Crippen molar-refractivity contribution in [2.24, 2.45) is 5.73 Å². The highest BCUT2D eigenvalue weighted by Gasteiger charge is 2.16. The lowest BCUT2D eigenvalue weighted by Gasteiger charge is -2.22. The van der Waals surface area contributed by atoms with Crippen LogP contribution < -0.4 is 16.6 Å². The Morgan fingerprint density at radius 3 is 2.78 bits per heavy atom. The lowest BCUT2D eigenvalue weighted by atomic mass is 10.1. The summed E-state index contributed by atoms with van der Waals surface area (Å²) in [5.74, 6) is 0.351. The van der Waals surface area contributed by atoms with E-state index in [1.54, 1.807) is 17.0 Å². The summed E-state index contributed by atoms with van der Waals surface area (Å²) in [5.41, 5.74) is 4.92. The minimum Gasteiger partial charge on any atom is -0.378 e. The second-order valence-electron chi connectivity index (χ2n) is 4.95. The SMILES string of the molecule is CC(C)(C)n1ccnc(NCCOCCN)c1=O. The number of nitrogens with zero attached hydrogens (tertiary/aromatic N) is 2. The first-order chi connectivity index (χ1) is 8.46. The van der Waals surface area contributed by atoms with Crippen molar-refractivity contribution in [2.75, 3.05) is 31.6 Å². The van der Waals surface area contributed by atoms with E-state index >= 15 is 0 Å². The molecule has 1 heterocycles. The molecule has 0 saturated carbocycles. The summed E-state index contributed by atoms with van der Waals surface area (Å²) < 4.78 is 6.87. The fourth-order valence-corrected chi connectivity index (χ4v) is 1.49. The largest absolute Gasteiger partial charge is 0.378 e. The van der Waals surface area contributed by atoms with Gasteiger partial charge in [-0.25, -0.2) is 4.98 Å². The van der Waals surface area contributed by atoms with E-state index in [0.29, 0.717) is 32.1 Å². The quantitative estimate of drug-likeness (QED) is 0.717. The maximum Gasteiger partial charge on any atom is 0.293 e. The minimum atomic E-state index is -0.257. The molecule has 0 aliphatic carbocycles. The molecule has 0 amide bonds. The minimum absolute atomic E-state index is 0.121. The van der Waals surface area contributed by atoms with Crippen LogP contribution in [0.4, 0.5) is 5.82 Å². The molecule has 18 heavy (non-hydrogen) atoms. The third-order valence-electron chi connectivity index (χ3n) is 2.36. The maximum absolute atomic E-state index is 12.1. The molecule has 0 saturated heterocycles. The monoisotopic (exact) mass is 254 g/mol. The van der Waals surface area contributed by atoms with E-state index < -0.39 is 0 Å². The number of nitrogens with one attached hydrogen (secondary N) is 1. The highest BCUT2D eigenvalue weighted by molar-refractivity contribution is 5.30. The van der Waals surface area contributed by atoms with Gasteiger partial charge in [0.15, 0.2) is 5.82 Å². The van der Waals surface area contributed by atoms with Crippen LogP contribution in [0.2, 0.25) is 0 Å². The molecule has 0 aliphatic heterocycles. The second kappa shape index (κ2) is 6.51. The van der Waals surface area contributed by atoms with Crippen LogP contribution in [0.3, 0.4) is 0 Å². The summed E-state index contributed by atoms with van der Waals surface area (Å²) in [6.45, 7) is 7.99. The van der Waals surface area contributed by atoms with E-state index in [1.807, 2.05) is 20.8 Å². The molecule has 102 valence electrons. The van der Waals surface area contributed by atoms with Crippen LogP contribution in [0.1, 0.15) is 20.8 Å². The Morgan fingerprint density at radius 2 is 2.17 bits per heavy atom. The number of hydrogen-bond donors (Lipinski definition) is 2. The standard InChI is InChI=1S/C12H22N4O2/c1-12(2,3)16-7-5-14-10(11(16)17)15-6-9-18-8-4-13/h5,7H,4,6,8-9,13H2,1-3H3,(H,14,15). The van der Waals surface area contributed by atoms with E-state index in [2.05, 4.69) is 10.3 Å². The fraction of sp³-hybridized carbons (Fsp3) is 0.667. The first-order valence-corrected chi connectivity index (χ1v) is 6.06. The van der Waals surface area contributed by atoms with Crippen LogP contribution in [0.5, 0.6) is 0 Å². The summed E-state index contributed by atoms with van der Waals surface area (Å²) in [4.78, 5) is 16.2. The molecular formula is C12H22N4O2. The molecule has 0 atom stereocenters. The Balaban J connectivity index is 2.65. The Hall–Kier alpha value is -1.40. The number of hydrogen-bond acceptors (Lipinski definition) is 5. The third-order valence-corrected chi connectivity index (χ3v) is 2.36. The molecule has 1 aromatic heterocycles. The molecule has 0 fully saturated rings. The van der Waals surface area contributed by atoms with Crippen molar-refractivity contribution in [3.05, 3.63) is 22.7 Å². The normalized spacial score (nSPS) is 11.6. The predicted molar refractivity (Wildman–Crippen MR) is 71.9 cm³/mol. The summed E-state index contributed by atoms with van der Waals surface area (Å²) in [6.07, 6.45) is 3.31. The van der Waals surface area contributed by atoms with Crippen molar-refractivity contribution in [2.45, 2.75) is 26.3 Å². The zero-order valence-corrected chi connectivity index (χ0v) is 11.3. The molecular weight excluding hydrogens is 232 g/mol. The average molecular weight is 254 g/mol. The second-order valence-corrected chi connectivity index (χ2v) is 4.95. The smallest absolute Gasteiger partial charge is 0.293 e. The van der Waals surface area contributed by atoms with Gasteiger partial charge in [-0.1, -0.05) is 0 Å². The fourth-order valence-electron chi connectivity index (χ4n) is 1.49. The van der Waals surface area contributed by atoms with Crippen LogP contribution >= 0.6 is 0 Å². The van der Waals surface area contributed by atoms with Crippen LogP contribution in [-0.2, 0) is 10.3 Å². The van der Waals surface area contributed by atoms with Crippen LogP contribution in [0, 0.1) is 0 Å². The Labute approximate surface area is 107 Å². The zero-order valence-electron chi connectivity index (χ0n) is 11.3. The van der Waals surface area contributed by atoms with Gasteiger partial charge in [-0.2, -0.15) is 0 Å². The van der Waals surface area contributed by atoms with E-state index in [4.69, 9.17) is 10.5 Å². The van der Waals surface area contributed by atoms with Crippen molar-refractivity contribution in [1.29, 1.82) is 0 Å². The van der Waals surface area contributed by atoms with E-state index in [-0.39, 0.29) is 11.1 Å². The van der Waals surface area contributed by atoms with E-state index in [0.717, 1.165) is 0 Å². The van der Waals surface area contributed by atoms with Crippen molar-refractivity contribution < 1.29 is 4.74 Å². The van der Waals surface area contributed by atoms with Gasteiger partial charge >= 0.3 is 0 Å². The lowest BCUT2D eigenvalue weighted by Crippen LogP contribution is -2.35. The number of rotatable bonds is 6. The molecule has 0 aromatic carbocycles. The molecule has 6 nitrogen and oxygen atoms in total. The van der Waals surface area contributed by atoms with Gasteiger partial charge in [0.05, 0.1) is 13.2 Å². The first kappa shape index (κ1) is 14.7. The highest BCUT2D eigenvalue weighted by atomic mass is 16.5. The highest BCUT2D eigenvalue weighted by Crippen LogP contribution is 2.10. The maximum atomic E-state index is 12.1. The van der Waals surface area contributed by atoms with Gasteiger partial charge in [0, 0.05) is 31.0 Å². The topological polar surface area (TPSA) is 82.2 Å². The molecule has 6 heteroatoms. The number of nitrogens with two attached hydrogens (primary N) is 1. The van der Waals surface area contributed by atoms with Gasteiger partial charge < -0.3 is 20.4 Å². The van der Waals surface area contributed by atoms with Gasteiger partial charge in [0.25, 0.3) is 5.56 Å². The van der Waals surface area contributed by atoms with E-state index in [9.17, 15) is 4.79 Å². The summed E-state index contributed by atoms with van der Waals surface area (Å²) in [6, 6.07) is 0. The number of ether oxygens (including phenoxy) is 1. The predicted octanol–water partition coefficient (Wildman–Crippen LogP) is 0.386. The first-order valence-electron chi connectivity index (χ1n) is 6.06. The summed E-state index contributed by atoms with van der Waals surface area (Å²) in [7, 11) is 0. The van der Waals surface area contributed by atoms with Crippen molar-refractivity contribution >= 4 is 5.82 Å². The summed E-state index contributed by atoms with van der Waals surface area (Å²) in [5, 5.41) is 2.97. The molecule has 1 aromatic rings. The zero-order chi connectivity index (χ0) is 13.6. The Kier molecular flexibility index (Phi) is 5.30. The van der Waals surface area contributed by atoms with Gasteiger partial charge in [0.2, 0.25) is 0 Å². The molecule has 3 N–H and O–H groups in total. The number of anilines is 1. The lowest BCUT2D eigenvalue weighted by molar-refractivity contribution is 0.151. The number of aromatic nitrogens is 2. The van der Waals surface area contributed by atoms with Gasteiger partial charge in [-0.05, 0) is 20.8 Å². The molecule has 1 rings (SSSR count). The van der Waals surface area contributed by atoms with Crippen LogP contribution in [-0.4, -0.2) is 35.9 Å². The summed E-state index contributed by atoms with van der Waals surface area (Å²) >= 11 is 0. The van der Waals surface area contributed by atoms with Crippen molar-refractivity contribution in [3.63, 3.8) is 0 Å². The molecule has 0 aliphatic rings. The van der Waals surface area contributed by atoms with Crippen LogP contribution in [0.25, 0.3) is 0 Å². The molecule has 0 spiro atoms.